The standard InChI is InChI=1S/C9H13ClF3NO2/c1-2-6(10)7(15)14-4-3-8(16,5-14)9(11,12)13/h6,16H,2-5H2,1H3/t6-,8-/m0/s1. The molecule has 0 spiro atoms. The molecule has 7 heteroatoms. The van der Waals surface area contributed by atoms with Crippen molar-refractivity contribution in [2.75, 3.05) is 13.1 Å². The fraction of sp³-hybridized carbons (Fsp3) is 0.889. The van der Waals surface area contributed by atoms with Crippen LogP contribution in [0.15, 0.2) is 0 Å². The van der Waals surface area contributed by atoms with Gasteiger partial charge in [0.1, 0.15) is 5.38 Å². The first-order valence-electron chi connectivity index (χ1n) is 4.93. The van der Waals surface area contributed by atoms with Crippen LogP contribution in [0.2, 0.25) is 0 Å². The van der Waals surface area contributed by atoms with Gasteiger partial charge < -0.3 is 10.0 Å². The van der Waals surface area contributed by atoms with Gasteiger partial charge in [0.15, 0.2) is 5.60 Å². The van der Waals surface area contributed by atoms with Gasteiger partial charge in [0.2, 0.25) is 5.91 Å². The molecular formula is C9H13ClF3NO2. The molecule has 0 aromatic rings. The van der Waals surface area contributed by atoms with Gasteiger partial charge in [0.25, 0.3) is 0 Å². The van der Waals surface area contributed by atoms with E-state index in [1.54, 1.807) is 6.92 Å². The second kappa shape index (κ2) is 4.41. The number of carbonyl (C=O) groups is 1. The predicted molar refractivity (Wildman–Crippen MR) is 52.1 cm³/mol. The molecule has 1 fully saturated rings. The average Bonchev–Trinajstić information content (AvgIpc) is 2.59. The van der Waals surface area contributed by atoms with E-state index in [4.69, 9.17) is 11.6 Å². The molecule has 1 rings (SSSR count). The molecule has 2 atom stereocenters. The van der Waals surface area contributed by atoms with E-state index < -0.39 is 36.0 Å². The molecule has 0 radical (unpaired) electrons. The van der Waals surface area contributed by atoms with Crippen molar-refractivity contribution in [3.8, 4) is 0 Å². The highest BCUT2D eigenvalue weighted by molar-refractivity contribution is 6.30. The normalized spacial score (nSPS) is 28.2. The second-order valence-corrected chi connectivity index (χ2v) is 4.44. The van der Waals surface area contributed by atoms with Crippen LogP contribution in [0.1, 0.15) is 19.8 Å². The van der Waals surface area contributed by atoms with Crippen molar-refractivity contribution in [1.82, 2.24) is 4.90 Å². The van der Waals surface area contributed by atoms with Crippen LogP contribution in [-0.4, -0.2) is 46.2 Å². The zero-order valence-corrected chi connectivity index (χ0v) is 9.48. The highest BCUT2D eigenvalue weighted by Gasteiger charge is 2.57. The summed E-state index contributed by atoms with van der Waals surface area (Å²) in [6.07, 6.45) is -4.85. The van der Waals surface area contributed by atoms with Crippen LogP contribution in [-0.2, 0) is 4.79 Å². The number of nitrogens with zero attached hydrogens (tertiary/aromatic N) is 1. The summed E-state index contributed by atoms with van der Waals surface area (Å²) in [6.45, 7) is 0.832. The van der Waals surface area contributed by atoms with Gasteiger partial charge in [-0.1, -0.05) is 6.92 Å². The monoisotopic (exact) mass is 259 g/mol. The Morgan fingerprint density at radius 2 is 2.19 bits per heavy atom. The van der Waals surface area contributed by atoms with Crippen molar-refractivity contribution in [3.63, 3.8) is 0 Å². The highest BCUT2D eigenvalue weighted by atomic mass is 35.5. The second-order valence-electron chi connectivity index (χ2n) is 3.91. The lowest BCUT2D eigenvalue weighted by Crippen LogP contribution is -2.48. The van der Waals surface area contributed by atoms with Crippen molar-refractivity contribution in [3.05, 3.63) is 0 Å². The first-order chi connectivity index (χ1) is 7.21. The van der Waals surface area contributed by atoms with Crippen molar-refractivity contribution in [2.45, 2.75) is 36.9 Å². The van der Waals surface area contributed by atoms with Gasteiger partial charge in [-0.15, -0.1) is 11.6 Å². The lowest BCUT2D eigenvalue weighted by Gasteiger charge is -2.26. The SMILES string of the molecule is CC[C@H](Cl)C(=O)N1CC[C@@](O)(C(F)(F)F)C1. The lowest BCUT2D eigenvalue weighted by atomic mass is 10.0. The Morgan fingerprint density at radius 1 is 1.62 bits per heavy atom. The first-order valence-corrected chi connectivity index (χ1v) is 5.37. The maximum absolute atomic E-state index is 12.4. The van der Waals surface area contributed by atoms with E-state index in [0.717, 1.165) is 4.90 Å². The first kappa shape index (κ1) is 13.6. The van der Waals surface area contributed by atoms with E-state index in [-0.39, 0.29) is 6.54 Å². The Morgan fingerprint density at radius 3 is 2.56 bits per heavy atom. The summed E-state index contributed by atoms with van der Waals surface area (Å²) in [7, 11) is 0. The van der Waals surface area contributed by atoms with E-state index in [2.05, 4.69) is 0 Å². The number of halogens is 4. The van der Waals surface area contributed by atoms with Gasteiger partial charge in [-0.25, -0.2) is 0 Å². The van der Waals surface area contributed by atoms with E-state index in [1.165, 1.54) is 0 Å². The number of hydrogen-bond acceptors (Lipinski definition) is 2. The Bertz CT molecular complexity index is 284. The lowest BCUT2D eigenvalue weighted by molar-refractivity contribution is -0.253. The quantitative estimate of drug-likeness (QED) is 0.764. The molecule has 1 saturated heterocycles. The van der Waals surface area contributed by atoms with Gasteiger partial charge in [-0.3, -0.25) is 4.79 Å². The fourth-order valence-electron chi connectivity index (χ4n) is 1.59. The number of β-amino-alcohol motifs (C(OH)–C–C–N with tert-alkyl or cyclic N) is 1. The zero-order valence-electron chi connectivity index (χ0n) is 8.72. The molecule has 0 unspecified atom stereocenters. The van der Waals surface area contributed by atoms with Crippen molar-refractivity contribution in [2.24, 2.45) is 0 Å². The molecule has 1 aliphatic rings. The Kier molecular flexibility index (Phi) is 3.74. The summed E-state index contributed by atoms with van der Waals surface area (Å²) in [5.74, 6) is -0.552. The summed E-state index contributed by atoms with van der Waals surface area (Å²) in [4.78, 5) is 12.5. The molecular weight excluding hydrogens is 247 g/mol. The number of alkyl halides is 4. The summed E-state index contributed by atoms with van der Waals surface area (Å²) >= 11 is 5.65. The van der Waals surface area contributed by atoms with Crippen LogP contribution in [0, 0.1) is 0 Å². The van der Waals surface area contributed by atoms with Crippen LogP contribution in [0.25, 0.3) is 0 Å². The van der Waals surface area contributed by atoms with Crippen molar-refractivity contribution < 1.29 is 23.1 Å². The molecule has 3 nitrogen and oxygen atoms in total. The summed E-state index contributed by atoms with van der Waals surface area (Å²) < 4.78 is 37.3. The summed E-state index contributed by atoms with van der Waals surface area (Å²) in [5.41, 5.74) is -2.78. The van der Waals surface area contributed by atoms with Crippen LogP contribution < -0.4 is 0 Å². The topological polar surface area (TPSA) is 40.5 Å². The Balaban J connectivity index is 2.69. The Labute approximate surface area is 96.2 Å². The van der Waals surface area contributed by atoms with Gasteiger partial charge in [0.05, 0.1) is 6.54 Å². The molecule has 1 aliphatic heterocycles. The number of amides is 1. The third-order valence-electron chi connectivity index (χ3n) is 2.71. The average molecular weight is 260 g/mol. The molecule has 1 N–H and O–H groups in total. The summed E-state index contributed by atoms with van der Waals surface area (Å²) in [6, 6.07) is 0. The minimum absolute atomic E-state index is 0.113. The van der Waals surface area contributed by atoms with Gasteiger partial charge in [-0.2, -0.15) is 13.2 Å². The molecule has 94 valence electrons. The van der Waals surface area contributed by atoms with Crippen LogP contribution in [0.5, 0.6) is 0 Å². The van der Waals surface area contributed by atoms with Crippen LogP contribution >= 0.6 is 11.6 Å². The smallest absolute Gasteiger partial charge is 0.379 e. The maximum Gasteiger partial charge on any atom is 0.419 e. The number of aliphatic hydroxyl groups is 1. The van der Waals surface area contributed by atoms with Crippen LogP contribution in [0.3, 0.4) is 0 Å². The number of rotatable bonds is 2. The van der Waals surface area contributed by atoms with Crippen molar-refractivity contribution in [1.29, 1.82) is 0 Å². The Hall–Kier alpha value is -0.490. The van der Waals surface area contributed by atoms with E-state index >= 15 is 0 Å². The van der Waals surface area contributed by atoms with E-state index in [9.17, 15) is 23.1 Å². The van der Waals surface area contributed by atoms with E-state index in [1.807, 2.05) is 0 Å². The number of hydrogen-bond donors (Lipinski definition) is 1. The molecule has 1 heterocycles. The van der Waals surface area contributed by atoms with Gasteiger partial charge in [0, 0.05) is 13.0 Å². The third kappa shape index (κ3) is 2.43. The minimum Gasteiger partial charge on any atom is -0.379 e. The fourth-order valence-corrected chi connectivity index (χ4v) is 1.72. The molecule has 0 bridgehead atoms. The predicted octanol–water partition coefficient (Wildman–Crippen LogP) is 1.53. The molecule has 16 heavy (non-hydrogen) atoms. The largest absolute Gasteiger partial charge is 0.419 e. The van der Waals surface area contributed by atoms with Crippen molar-refractivity contribution >= 4 is 17.5 Å². The summed E-state index contributed by atoms with van der Waals surface area (Å²) in [5, 5.41) is 8.52. The number of carbonyl (C=O) groups excluding carboxylic acids is 1. The maximum atomic E-state index is 12.4. The zero-order chi connectivity index (χ0) is 12.6. The molecule has 0 saturated carbocycles. The van der Waals surface area contributed by atoms with Gasteiger partial charge >= 0.3 is 6.18 Å². The van der Waals surface area contributed by atoms with Gasteiger partial charge in [-0.05, 0) is 6.42 Å². The molecule has 0 aromatic carbocycles. The van der Waals surface area contributed by atoms with Crippen LogP contribution in [0.4, 0.5) is 13.2 Å². The third-order valence-corrected chi connectivity index (χ3v) is 3.21. The van der Waals surface area contributed by atoms with E-state index in [0.29, 0.717) is 6.42 Å². The molecule has 0 aliphatic carbocycles. The highest BCUT2D eigenvalue weighted by Crippen LogP contribution is 2.37. The molecule has 0 aromatic heterocycles. The number of likely N-dealkylation sites (tertiary alicyclic amines) is 1. The molecule has 1 amide bonds. The minimum atomic E-state index is -4.71.